The van der Waals surface area contributed by atoms with Crippen LogP contribution in [0, 0.1) is 0 Å². The Balaban J connectivity index is 2.65. The molecule has 1 aromatic carbocycles. The highest BCUT2D eigenvalue weighted by atomic mass is 32.2. The highest BCUT2D eigenvalue weighted by molar-refractivity contribution is 7.86. The summed E-state index contributed by atoms with van der Waals surface area (Å²) in [5.41, 5.74) is 0.731. The largest absolute Gasteiger partial charge is 0.308 e. The molecule has 0 spiro atoms. The zero-order valence-corrected chi connectivity index (χ0v) is 14.3. The van der Waals surface area contributed by atoms with Crippen LogP contribution in [0.25, 0.3) is 0 Å². The number of unbranched alkanes of at least 4 members (excludes halogenated alkanes) is 2. The summed E-state index contributed by atoms with van der Waals surface area (Å²) in [4.78, 5) is 13.8. The second kappa shape index (κ2) is 8.90. The number of amides is 1. The third kappa shape index (κ3) is 6.15. The molecule has 1 aromatic rings. The van der Waals surface area contributed by atoms with E-state index in [-0.39, 0.29) is 17.7 Å². The first kappa shape index (κ1) is 18.6. The van der Waals surface area contributed by atoms with Gasteiger partial charge in [-0.3, -0.25) is 8.98 Å². The second-order valence-corrected chi connectivity index (χ2v) is 7.18. The number of anilines is 1. The molecule has 0 radical (unpaired) electrons. The molecule has 0 heterocycles. The van der Waals surface area contributed by atoms with Crippen LogP contribution < -0.4 is 4.90 Å². The van der Waals surface area contributed by atoms with Crippen LogP contribution in [0.1, 0.15) is 40.0 Å². The van der Waals surface area contributed by atoms with Crippen molar-refractivity contribution in [2.24, 2.45) is 0 Å². The van der Waals surface area contributed by atoms with Gasteiger partial charge < -0.3 is 4.90 Å². The molecular weight excluding hydrogens is 302 g/mol. The third-order valence-corrected chi connectivity index (χ3v) is 4.44. The molecule has 0 fully saturated rings. The van der Waals surface area contributed by atoms with E-state index in [0.717, 1.165) is 18.5 Å². The lowest BCUT2D eigenvalue weighted by molar-refractivity contribution is -0.120. The fourth-order valence-corrected chi connectivity index (χ4v) is 3.07. The van der Waals surface area contributed by atoms with E-state index in [4.69, 9.17) is 4.18 Å². The standard InChI is InChI=1S/C16H25NO4S/c1-4-5-9-12-22(19,20)21-13-16(18)17(14(2)3)15-10-7-6-8-11-15/h6-8,10-11,14H,4-5,9,12-13H2,1-3H3. The van der Waals surface area contributed by atoms with Gasteiger partial charge in [0.25, 0.3) is 16.0 Å². The summed E-state index contributed by atoms with van der Waals surface area (Å²) >= 11 is 0. The van der Waals surface area contributed by atoms with Gasteiger partial charge >= 0.3 is 0 Å². The minimum absolute atomic E-state index is 0.0405. The summed E-state index contributed by atoms with van der Waals surface area (Å²) in [5, 5.41) is 0. The maximum absolute atomic E-state index is 12.3. The van der Waals surface area contributed by atoms with Gasteiger partial charge in [0.15, 0.2) is 0 Å². The van der Waals surface area contributed by atoms with E-state index < -0.39 is 16.7 Å². The lowest BCUT2D eigenvalue weighted by Crippen LogP contribution is -2.40. The molecule has 0 aliphatic heterocycles. The molecule has 1 amide bonds. The maximum atomic E-state index is 12.3. The van der Waals surface area contributed by atoms with Crippen LogP contribution in [0.2, 0.25) is 0 Å². The molecule has 22 heavy (non-hydrogen) atoms. The van der Waals surface area contributed by atoms with Gasteiger partial charge in [-0.05, 0) is 32.4 Å². The zero-order valence-electron chi connectivity index (χ0n) is 13.5. The smallest absolute Gasteiger partial charge is 0.267 e. The average molecular weight is 327 g/mol. The predicted octanol–water partition coefficient (Wildman–Crippen LogP) is 2.96. The minimum atomic E-state index is -3.64. The first-order valence-electron chi connectivity index (χ1n) is 7.61. The number of nitrogens with zero attached hydrogens (tertiary/aromatic N) is 1. The van der Waals surface area contributed by atoms with E-state index in [1.165, 1.54) is 0 Å². The highest BCUT2D eigenvalue weighted by Crippen LogP contribution is 2.17. The van der Waals surface area contributed by atoms with Gasteiger partial charge in [-0.25, -0.2) is 0 Å². The number of hydrogen-bond acceptors (Lipinski definition) is 4. The Morgan fingerprint density at radius 1 is 1.18 bits per heavy atom. The van der Waals surface area contributed by atoms with Crippen molar-refractivity contribution in [1.82, 2.24) is 0 Å². The normalized spacial score (nSPS) is 11.6. The quantitative estimate of drug-likeness (QED) is 0.517. The zero-order chi connectivity index (χ0) is 16.6. The summed E-state index contributed by atoms with van der Waals surface area (Å²) in [6.45, 7) is 5.29. The van der Waals surface area contributed by atoms with Crippen molar-refractivity contribution in [3.63, 3.8) is 0 Å². The van der Waals surface area contributed by atoms with Gasteiger partial charge in [0, 0.05) is 11.7 Å². The van der Waals surface area contributed by atoms with Gasteiger partial charge in [-0.15, -0.1) is 0 Å². The van der Waals surface area contributed by atoms with E-state index in [1.807, 2.05) is 51.1 Å². The Kier molecular flexibility index (Phi) is 7.55. The van der Waals surface area contributed by atoms with Gasteiger partial charge in [0.1, 0.15) is 6.61 Å². The van der Waals surface area contributed by atoms with Gasteiger partial charge in [0.05, 0.1) is 5.75 Å². The van der Waals surface area contributed by atoms with Crippen molar-refractivity contribution < 1.29 is 17.4 Å². The molecule has 0 aromatic heterocycles. The van der Waals surface area contributed by atoms with Crippen LogP contribution in [0.5, 0.6) is 0 Å². The van der Waals surface area contributed by atoms with E-state index in [2.05, 4.69) is 0 Å². The average Bonchev–Trinajstić information content (AvgIpc) is 2.46. The molecule has 6 heteroatoms. The van der Waals surface area contributed by atoms with Gasteiger partial charge in [-0.2, -0.15) is 8.42 Å². The molecule has 0 saturated carbocycles. The SMILES string of the molecule is CCCCCS(=O)(=O)OCC(=O)N(c1ccccc1)C(C)C. The van der Waals surface area contributed by atoms with Crippen LogP contribution in [0.15, 0.2) is 30.3 Å². The van der Waals surface area contributed by atoms with Crippen molar-refractivity contribution in [2.45, 2.75) is 46.1 Å². The maximum Gasteiger partial charge on any atom is 0.267 e. The summed E-state index contributed by atoms with van der Waals surface area (Å²) < 4.78 is 28.4. The first-order valence-corrected chi connectivity index (χ1v) is 9.19. The highest BCUT2D eigenvalue weighted by Gasteiger charge is 2.21. The van der Waals surface area contributed by atoms with Gasteiger partial charge in [0.2, 0.25) is 0 Å². The van der Waals surface area contributed by atoms with Crippen LogP contribution in [0.4, 0.5) is 5.69 Å². The number of hydrogen-bond donors (Lipinski definition) is 0. The van der Waals surface area contributed by atoms with Crippen molar-refractivity contribution in [3.05, 3.63) is 30.3 Å². The van der Waals surface area contributed by atoms with E-state index >= 15 is 0 Å². The summed E-state index contributed by atoms with van der Waals surface area (Å²) in [6.07, 6.45) is 2.32. The van der Waals surface area contributed by atoms with Crippen molar-refractivity contribution in [2.75, 3.05) is 17.3 Å². The first-order chi connectivity index (χ1) is 10.4. The molecule has 0 atom stereocenters. The number of para-hydroxylation sites is 1. The molecule has 0 N–H and O–H groups in total. The van der Waals surface area contributed by atoms with Crippen LogP contribution in [0.3, 0.4) is 0 Å². The Bertz CT molecular complexity index is 555. The molecule has 1 rings (SSSR count). The number of rotatable bonds is 9. The molecule has 0 bridgehead atoms. The van der Waals surface area contributed by atoms with E-state index in [0.29, 0.717) is 6.42 Å². The third-order valence-electron chi connectivity index (χ3n) is 3.18. The molecule has 124 valence electrons. The molecular formula is C16H25NO4S. The fraction of sp³-hybridized carbons (Fsp3) is 0.562. The molecule has 0 aliphatic rings. The molecule has 5 nitrogen and oxygen atoms in total. The molecule has 0 aliphatic carbocycles. The Labute approximate surface area is 133 Å². The predicted molar refractivity (Wildman–Crippen MR) is 88.3 cm³/mol. The number of carbonyl (C=O) groups is 1. The lowest BCUT2D eigenvalue weighted by atomic mass is 10.2. The van der Waals surface area contributed by atoms with Crippen LogP contribution in [-0.4, -0.2) is 32.7 Å². The summed E-state index contributed by atoms with van der Waals surface area (Å²) in [5.74, 6) is -0.401. The molecule has 0 unspecified atom stereocenters. The fourth-order valence-electron chi connectivity index (χ4n) is 2.12. The Morgan fingerprint density at radius 3 is 2.36 bits per heavy atom. The Morgan fingerprint density at radius 2 is 1.82 bits per heavy atom. The molecule has 0 saturated heterocycles. The minimum Gasteiger partial charge on any atom is -0.308 e. The monoisotopic (exact) mass is 327 g/mol. The topological polar surface area (TPSA) is 63.7 Å². The van der Waals surface area contributed by atoms with Gasteiger partial charge in [-0.1, -0.05) is 38.0 Å². The van der Waals surface area contributed by atoms with Crippen LogP contribution in [-0.2, 0) is 19.1 Å². The summed E-state index contributed by atoms with van der Waals surface area (Å²) in [6, 6.07) is 9.07. The second-order valence-electron chi connectivity index (χ2n) is 5.42. The van der Waals surface area contributed by atoms with E-state index in [9.17, 15) is 13.2 Å². The number of benzene rings is 1. The number of carbonyl (C=O) groups excluding carboxylic acids is 1. The van der Waals surface area contributed by atoms with E-state index in [1.54, 1.807) is 4.90 Å². The van der Waals surface area contributed by atoms with Crippen molar-refractivity contribution in [1.29, 1.82) is 0 Å². The van der Waals surface area contributed by atoms with Crippen molar-refractivity contribution >= 4 is 21.7 Å². The lowest BCUT2D eigenvalue weighted by Gasteiger charge is -2.26. The van der Waals surface area contributed by atoms with Crippen molar-refractivity contribution in [3.8, 4) is 0 Å². The Hall–Kier alpha value is -1.40. The van der Waals surface area contributed by atoms with Crippen LogP contribution >= 0.6 is 0 Å². The summed E-state index contributed by atoms with van der Waals surface area (Å²) in [7, 11) is -3.64.